The van der Waals surface area contributed by atoms with Crippen LogP contribution in [0.25, 0.3) is 0 Å². The molecular formula is C15H20ClNO. The summed E-state index contributed by atoms with van der Waals surface area (Å²) in [6.07, 6.45) is 2.92. The van der Waals surface area contributed by atoms with Crippen LogP contribution >= 0.6 is 11.6 Å². The highest BCUT2D eigenvalue weighted by atomic mass is 35.5. The number of halogens is 1. The van der Waals surface area contributed by atoms with Crippen LogP contribution in [-0.2, 0) is 0 Å². The van der Waals surface area contributed by atoms with E-state index in [0.29, 0.717) is 5.02 Å². The molecule has 1 aliphatic rings. The standard InChI is InChI=1S/C15H20ClNO/c1-3-4-15(5-6-17-10-15)14(18)12-7-11(2)8-13(16)9-12/h7-9,17H,3-6,10H2,1-2H3. The second kappa shape index (κ2) is 5.41. The molecule has 1 unspecified atom stereocenters. The van der Waals surface area contributed by atoms with Crippen LogP contribution in [-0.4, -0.2) is 18.9 Å². The lowest BCUT2D eigenvalue weighted by atomic mass is 9.76. The first-order chi connectivity index (χ1) is 8.57. The first-order valence-electron chi connectivity index (χ1n) is 6.60. The predicted octanol–water partition coefficient (Wildman–Crippen LogP) is 3.61. The van der Waals surface area contributed by atoms with E-state index in [2.05, 4.69) is 12.2 Å². The fraction of sp³-hybridized carbons (Fsp3) is 0.533. The van der Waals surface area contributed by atoms with E-state index in [1.165, 1.54) is 0 Å². The van der Waals surface area contributed by atoms with Gasteiger partial charge in [0.25, 0.3) is 0 Å². The summed E-state index contributed by atoms with van der Waals surface area (Å²) in [6, 6.07) is 5.63. The smallest absolute Gasteiger partial charge is 0.170 e. The molecule has 3 heteroatoms. The van der Waals surface area contributed by atoms with Gasteiger partial charge < -0.3 is 5.32 Å². The molecule has 0 bridgehead atoms. The molecule has 0 saturated carbocycles. The molecule has 1 N–H and O–H groups in total. The number of rotatable bonds is 4. The highest BCUT2D eigenvalue weighted by molar-refractivity contribution is 6.31. The minimum Gasteiger partial charge on any atom is -0.316 e. The number of nitrogens with one attached hydrogen (secondary N) is 1. The van der Waals surface area contributed by atoms with Gasteiger partial charge in [-0.1, -0.05) is 24.9 Å². The number of carbonyl (C=O) groups excluding carboxylic acids is 1. The van der Waals surface area contributed by atoms with E-state index in [0.717, 1.165) is 43.5 Å². The number of ketones is 1. The van der Waals surface area contributed by atoms with Gasteiger partial charge in [0.15, 0.2) is 5.78 Å². The van der Waals surface area contributed by atoms with Gasteiger partial charge in [0.05, 0.1) is 0 Å². The average Bonchev–Trinajstić information content (AvgIpc) is 2.77. The Bertz CT molecular complexity index is 430. The minimum atomic E-state index is -0.216. The molecule has 1 fully saturated rings. The summed E-state index contributed by atoms with van der Waals surface area (Å²) in [6.45, 7) is 5.84. The quantitative estimate of drug-likeness (QED) is 0.843. The Balaban J connectivity index is 2.33. The van der Waals surface area contributed by atoms with Crippen molar-refractivity contribution in [2.75, 3.05) is 13.1 Å². The number of Topliss-reactive ketones (excluding diaryl/α,β-unsaturated/α-hetero) is 1. The van der Waals surface area contributed by atoms with Crippen LogP contribution in [0.15, 0.2) is 18.2 Å². The molecule has 0 radical (unpaired) electrons. The Morgan fingerprint density at radius 2 is 2.22 bits per heavy atom. The van der Waals surface area contributed by atoms with Crippen LogP contribution in [0.5, 0.6) is 0 Å². The third kappa shape index (κ3) is 2.60. The van der Waals surface area contributed by atoms with Gasteiger partial charge in [0.2, 0.25) is 0 Å². The van der Waals surface area contributed by atoms with E-state index in [1.54, 1.807) is 6.07 Å². The van der Waals surface area contributed by atoms with Crippen LogP contribution in [0.4, 0.5) is 0 Å². The molecule has 1 saturated heterocycles. The minimum absolute atomic E-state index is 0.216. The van der Waals surface area contributed by atoms with E-state index in [-0.39, 0.29) is 11.2 Å². The summed E-state index contributed by atoms with van der Waals surface area (Å²) in [5, 5.41) is 3.97. The van der Waals surface area contributed by atoms with Crippen molar-refractivity contribution in [1.82, 2.24) is 5.32 Å². The van der Waals surface area contributed by atoms with E-state index in [1.807, 2.05) is 19.1 Å². The molecular weight excluding hydrogens is 246 g/mol. The van der Waals surface area contributed by atoms with Crippen LogP contribution in [0.2, 0.25) is 5.02 Å². The van der Waals surface area contributed by atoms with E-state index in [4.69, 9.17) is 11.6 Å². The fourth-order valence-electron chi connectivity index (χ4n) is 2.92. The van der Waals surface area contributed by atoms with Gasteiger partial charge in [0.1, 0.15) is 0 Å². The number of aryl methyl sites for hydroxylation is 1. The van der Waals surface area contributed by atoms with Crippen LogP contribution in [0.1, 0.15) is 42.1 Å². The van der Waals surface area contributed by atoms with Crippen molar-refractivity contribution in [2.24, 2.45) is 5.41 Å². The maximum Gasteiger partial charge on any atom is 0.170 e. The fourth-order valence-corrected chi connectivity index (χ4v) is 3.21. The van der Waals surface area contributed by atoms with Crippen molar-refractivity contribution < 1.29 is 4.79 Å². The molecule has 98 valence electrons. The summed E-state index contributed by atoms with van der Waals surface area (Å²) in [7, 11) is 0. The average molecular weight is 266 g/mol. The van der Waals surface area contributed by atoms with Gasteiger partial charge in [-0.05, 0) is 50.1 Å². The van der Waals surface area contributed by atoms with Crippen molar-refractivity contribution in [3.63, 3.8) is 0 Å². The van der Waals surface area contributed by atoms with Gasteiger partial charge in [0, 0.05) is 22.5 Å². The van der Waals surface area contributed by atoms with E-state index in [9.17, 15) is 4.79 Å². The van der Waals surface area contributed by atoms with Gasteiger partial charge in [-0.3, -0.25) is 4.79 Å². The molecule has 1 heterocycles. The first kappa shape index (κ1) is 13.6. The number of benzene rings is 1. The van der Waals surface area contributed by atoms with Crippen molar-refractivity contribution in [3.8, 4) is 0 Å². The lowest BCUT2D eigenvalue weighted by Crippen LogP contribution is -2.33. The molecule has 0 spiro atoms. The first-order valence-corrected chi connectivity index (χ1v) is 6.98. The maximum atomic E-state index is 12.8. The van der Waals surface area contributed by atoms with Crippen molar-refractivity contribution >= 4 is 17.4 Å². The van der Waals surface area contributed by atoms with Gasteiger partial charge in [-0.2, -0.15) is 0 Å². The zero-order valence-electron chi connectivity index (χ0n) is 11.1. The second-order valence-electron chi connectivity index (χ2n) is 5.30. The van der Waals surface area contributed by atoms with E-state index >= 15 is 0 Å². The van der Waals surface area contributed by atoms with Gasteiger partial charge >= 0.3 is 0 Å². The number of hydrogen-bond acceptors (Lipinski definition) is 2. The van der Waals surface area contributed by atoms with E-state index < -0.39 is 0 Å². The Morgan fingerprint density at radius 1 is 1.44 bits per heavy atom. The molecule has 0 aliphatic carbocycles. The molecule has 1 aliphatic heterocycles. The van der Waals surface area contributed by atoms with Gasteiger partial charge in [-0.25, -0.2) is 0 Å². The summed E-state index contributed by atoms with van der Waals surface area (Å²) < 4.78 is 0. The summed E-state index contributed by atoms with van der Waals surface area (Å²) in [4.78, 5) is 12.8. The molecule has 2 nitrogen and oxygen atoms in total. The highest BCUT2D eigenvalue weighted by Crippen LogP contribution is 2.35. The lowest BCUT2D eigenvalue weighted by molar-refractivity contribution is 0.0801. The zero-order valence-corrected chi connectivity index (χ0v) is 11.8. The Labute approximate surface area is 114 Å². The van der Waals surface area contributed by atoms with Crippen molar-refractivity contribution in [2.45, 2.75) is 33.1 Å². The maximum absolute atomic E-state index is 12.8. The molecule has 18 heavy (non-hydrogen) atoms. The monoisotopic (exact) mass is 265 g/mol. The topological polar surface area (TPSA) is 29.1 Å². The summed E-state index contributed by atoms with van der Waals surface area (Å²) in [5.74, 6) is 0.250. The Kier molecular flexibility index (Phi) is 4.08. The third-order valence-electron chi connectivity index (χ3n) is 3.76. The normalized spacial score (nSPS) is 23.3. The lowest BCUT2D eigenvalue weighted by Gasteiger charge is -2.26. The second-order valence-corrected chi connectivity index (χ2v) is 5.74. The number of carbonyl (C=O) groups is 1. The van der Waals surface area contributed by atoms with Crippen LogP contribution in [0, 0.1) is 12.3 Å². The largest absolute Gasteiger partial charge is 0.316 e. The molecule has 0 amide bonds. The molecule has 1 aromatic carbocycles. The summed E-state index contributed by atoms with van der Waals surface area (Å²) >= 11 is 6.06. The Morgan fingerprint density at radius 3 is 2.78 bits per heavy atom. The van der Waals surface area contributed by atoms with Crippen molar-refractivity contribution in [1.29, 1.82) is 0 Å². The number of hydrogen-bond donors (Lipinski definition) is 1. The SMILES string of the molecule is CCCC1(C(=O)c2cc(C)cc(Cl)c2)CCNC1. The zero-order chi connectivity index (χ0) is 13.2. The van der Waals surface area contributed by atoms with Crippen LogP contribution in [0.3, 0.4) is 0 Å². The third-order valence-corrected chi connectivity index (χ3v) is 3.98. The summed E-state index contributed by atoms with van der Waals surface area (Å²) in [5.41, 5.74) is 1.59. The van der Waals surface area contributed by atoms with Crippen LogP contribution < -0.4 is 5.32 Å². The molecule has 1 aromatic rings. The van der Waals surface area contributed by atoms with Crippen molar-refractivity contribution in [3.05, 3.63) is 34.3 Å². The predicted molar refractivity (Wildman–Crippen MR) is 75.3 cm³/mol. The molecule has 0 aromatic heterocycles. The van der Waals surface area contributed by atoms with Gasteiger partial charge in [-0.15, -0.1) is 0 Å². The molecule has 2 rings (SSSR count). The highest BCUT2D eigenvalue weighted by Gasteiger charge is 2.40. The molecule has 1 atom stereocenters. The Hall–Kier alpha value is -0.860.